The van der Waals surface area contributed by atoms with Crippen LogP contribution in [0.15, 0.2) is 0 Å². The summed E-state index contributed by atoms with van der Waals surface area (Å²) in [5.41, 5.74) is 0. The fourth-order valence-electron chi connectivity index (χ4n) is 3.65. The fraction of sp³-hybridized carbons (Fsp3) is 1.00. The molecule has 2 fully saturated rings. The van der Waals surface area contributed by atoms with Crippen LogP contribution in [0, 0.1) is 11.8 Å². The molecule has 1 saturated heterocycles. The van der Waals surface area contributed by atoms with Gasteiger partial charge < -0.3 is 4.90 Å². The van der Waals surface area contributed by atoms with Gasteiger partial charge in [0, 0.05) is 12.3 Å². The third-order valence-electron chi connectivity index (χ3n) is 4.68. The molecule has 0 radical (unpaired) electrons. The van der Waals surface area contributed by atoms with E-state index in [-0.39, 0.29) is 0 Å². The zero-order chi connectivity index (χ0) is 11.5. The Kier molecular flexibility index (Phi) is 4.23. The van der Waals surface area contributed by atoms with Crippen molar-refractivity contribution >= 4 is 0 Å². The average molecular weight is 228 g/mol. The van der Waals surface area contributed by atoms with Gasteiger partial charge in [-0.3, -0.25) is 0 Å². The molecule has 1 saturated carbocycles. The van der Waals surface area contributed by atoms with Gasteiger partial charge in [-0.15, -0.1) is 0 Å². The van der Waals surface area contributed by atoms with Gasteiger partial charge in [0.1, 0.15) is 6.17 Å². The Morgan fingerprint density at radius 2 is 1.94 bits per heavy atom. The molecule has 0 aromatic heterocycles. The van der Waals surface area contributed by atoms with Crippen LogP contribution >= 0.6 is 0 Å². The maximum absolute atomic E-state index is 13.3. The van der Waals surface area contributed by atoms with Crippen molar-refractivity contribution in [3.63, 3.8) is 0 Å². The number of nitrogens with one attached hydrogen (secondary N) is 1. The molecule has 2 heteroatoms. The van der Waals surface area contributed by atoms with Crippen molar-refractivity contribution in [3.8, 4) is 0 Å². The first kappa shape index (κ1) is 12.3. The maximum Gasteiger partial charge on any atom is 0.101 e. The topological polar surface area (TPSA) is 4.44 Å². The van der Waals surface area contributed by atoms with Crippen molar-refractivity contribution in [1.29, 1.82) is 0 Å². The zero-order valence-electron chi connectivity index (χ0n) is 10.8. The SMILES string of the molecule is CC1CC[NH+](CC2CCCC(F)C2)C(C)C1. The van der Waals surface area contributed by atoms with Gasteiger partial charge in [0.2, 0.25) is 0 Å². The van der Waals surface area contributed by atoms with Gasteiger partial charge in [0.15, 0.2) is 0 Å². The lowest BCUT2D eigenvalue weighted by Gasteiger charge is -2.36. The molecule has 0 aromatic carbocycles. The third kappa shape index (κ3) is 3.19. The highest BCUT2D eigenvalue weighted by molar-refractivity contribution is 4.73. The number of hydrogen-bond donors (Lipinski definition) is 1. The van der Waals surface area contributed by atoms with E-state index in [4.69, 9.17) is 0 Å². The molecule has 1 N–H and O–H groups in total. The highest BCUT2D eigenvalue weighted by atomic mass is 19.1. The molecule has 94 valence electrons. The van der Waals surface area contributed by atoms with E-state index in [2.05, 4.69) is 13.8 Å². The second-order valence-electron chi connectivity index (χ2n) is 6.27. The molecule has 5 atom stereocenters. The van der Waals surface area contributed by atoms with Gasteiger partial charge in [-0.2, -0.15) is 0 Å². The Bertz CT molecular complexity index is 219. The van der Waals surface area contributed by atoms with Crippen molar-refractivity contribution in [3.05, 3.63) is 0 Å². The molecule has 0 spiro atoms. The van der Waals surface area contributed by atoms with Crippen LogP contribution in [0.4, 0.5) is 4.39 Å². The smallest absolute Gasteiger partial charge is 0.101 e. The number of piperidine rings is 1. The Hall–Kier alpha value is -0.110. The first-order valence-corrected chi connectivity index (χ1v) is 7.13. The first-order valence-electron chi connectivity index (χ1n) is 7.13. The molecule has 5 unspecified atom stereocenters. The van der Waals surface area contributed by atoms with E-state index in [1.807, 2.05) is 0 Å². The van der Waals surface area contributed by atoms with E-state index >= 15 is 0 Å². The summed E-state index contributed by atoms with van der Waals surface area (Å²) in [6, 6.07) is 0.795. The van der Waals surface area contributed by atoms with E-state index in [1.54, 1.807) is 4.90 Å². The molecule has 1 aliphatic carbocycles. The van der Waals surface area contributed by atoms with Gasteiger partial charge in [-0.05, 0) is 38.5 Å². The molecule has 2 rings (SSSR count). The van der Waals surface area contributed by atoms with Gasteiger partial charge in [0.05, 0.1) is 19.1 Å². The Labute approximate surface area is 99.4 Å². The third-order valence-corrected chi connectivity index (χ3v) is 4.68. The summed E-state index contributed by atoms with van der Waals surface area (Å²) in [6.45, 7) is 7.29. The van der Waals surface area contributed by atoms with Crippen molar-refractivity contribution in [2.45, 2.75) is 64.6 Å². The summed E-state index contributed by atoms with van der Waals surface area (Å²) >= 11 is 0. The predicted molar refractivity (Wildman–Crippen MR) is 65.4 cm³/mol. The van der Waals surface area contributed by atoms with Crippen LogP contribution in [0.3, 0.4) is 0 Å². The van der Waals surface area contributed by atoms with Gasteiger partial charge in [0.25, 0.3) is 0 Å². The second-order valence-corrected chi connectivity index (χ2v) is 6.27. The lowest BCUT2D eigenvalue weighted by atomic mass is 9.86. The van der Waals surface area contributed by atoms with Crippen molar-refractivity contribution in [2.24, 2.45) is 11.8 Å². The van der Waals surface area contributed by atoms with Crippen LogP contribution in [0.25, 0.3) is 0 Å². The van der Waals surface area contributed by atoms with Crippen LogP contribution in [-0.4, -0.2) is 25.3 Å². The molecule has 1 aliphatic heterocycles. The summed E-state index contributed by atoms with van der Waals surface area (Å²) in [4.78, 5) is 1.75. The van der Waals surface area contributed by atoms with E-state index in [0.29, 0.717) is 5.92 Å². The van der Waals surface area contributed by atoms with Crippen LogP contribution in [0.2, 0.25) is 0 Å². The lowest BCUT2D eigenvalue weighted by Crippen LogP contribution is -3.17. The minimum Gasteiger partial charge on any atom is -0.332 e. The molecule has 0 amide bonds. The van der Waals surface area contributed by atoms with Crippen molar-refractivity contribution in [1.82, 2.24) is 0 Å². The summed E-state index contributed by atoms with van der Waals surface area (Å²) in [5, 5.41) is 0. The lowest BCUT2D eigenvalue weighted by molar-refractivity contribution is -0.933. The van der Waals surface area contributed by atoms with Gasteiger partial charge in [-0.25, -0.2) is 4.39 Å². The minimum absolute atomic E-state index is 0.503. The van der Waals surface area contributed by atoms with Crippen molar-refractivity contribution in [2.75, 3.05) is 13.1 Å². The van der Waals surface area contributed by atoms with Crippen LogP contribution in [-0.2, 0) is 0 Å². The van der Waals surface area contributed by atoms with E-state index < -0.39 is 6.17 Å². The number of halogens is 1. The molecule has 16 heavy (non-hydrogen) atoms. The van der Waals surface area contributed by atoms with Gasteiger partial charge in [-0.1, -0.05) is 13.3 Å². The quantitative estimate of drug-likeness (QED) is 0.739. The van der Waals surface area contributed by atoms with Crippen LogP contribution in [0.1, 0.15) is 52.4 Å². The number of hydrogen-bond acceptors (Lipinski definition) is 0. The number of alkyl halides is 1. The summed E-state index contributed by atoms with van der Waals surface area (Å²) in [5.74, 6) is 1.56. The molecule has 0 aromatic rings. The Balaban J connectivity index is 1.80. The van der Waals surface area contributed by atoms with E-state index in [0.717, 1.165) is 31.2 Å². The molecule has 1 heterocycles. The Morgan fingerprint density at radius 3 is 2.62 bits per heavy atom. The number of quaternary nitrogens is 1. The summed E-state index contributed by atoms with van der Waals surface area (Å²) < 4.78 is 13.3. The van der Waals surface area contributed by atoms with E-state index in [9.17, 15) is 4.39 Å². The highest BCUT2D eigenvalue weighted by Crippen LogP contribution is 2.25. The first-order chi connectivity index (χ1) is 7.65. The molecule has 0 bridgehead atoms. The number of rotatable bonds is 2. The van der Waals surface area contributed by atoms with Crippen LogP contribution in [0.5, 0.6) is 0 Å². The Morgan fingerprint density at radius 1 is 1.12 bits per heavy atom. The zero-order valence-corrected chi connectivity index (χ0v) is 10.8. The predicted octanol–water partition coefficient (Wildman–Crippen LogP) is 2.22. The molecule has 1 nitrogen and oxygen atoms in total. The monoisotopic (exact) mass is 228 g/mol. The van der Waals surface area contributed by atoms with Gasteiger partial charge >= 0.3 is 0 Å². The second kappa shape index (κ2) is 5.48. The maximum atomic E-state index is 13.3. The van der Waals surface area contributed by atoms with E-state index in [1.165, 1.54) is 32.4 Å². The normalized spacial score (nSPS) is 45.6. The standard InChI is InChI=1S/C14H26FN/c1-11-6-7-16(12(2)8-11)10-13-4-3-5-14(15)9-13/h11-14H,3-10H2,1-2H3/p+1. The number of likely N-dealkylation sites (tertiary alicyclic amines) is 1. The average Bonchev–Trinajstić information content (AvgIpc) is 2.22. The fourth-order valence-corrected chi connectivity index (χ4v) is 3.65. The molecule has 2 aliphatic rings. The largest absolute Gasteiger partial charge is 0.332 e. The van der Waals surface area contributed by atoms with Crippen LogP contribution < -0.4 is 4.90 Å². The summed E-state index contributed by atoms with van der Waals surface area (Å²) in [7, 11) is 0. The highest BCUT2D eigenvalue weighted by Gasteiger charge is 2.30. The van der Waals surface area contributed by atoms with Crippen molar-refractivity contribution < 1.29 is 9.29 Å². The summed E-state index contributed by atoms with van der Waals surface area (Å²) in [6.07, 6.45) is 6.27. The molecular weight excluding hydrogens is 201 g/mol. The minimum atomic E-state index is -0.503. The molecular formula is C14H27FN+.